The molecule has 2 atom stereocenters. The molecule has 2 aromatic carbocycles. The standard InChI is InChI=1S/C17H19NO2/c1-18-15-11-20-16-9-4-3-8-14(16)17(15)12-6-5-7-13(10-12)19-2/h3-10,15,17-18H,11H2,1-2H3/t15-,17-/m0/s1. The molecule has 0 aliphatic carbocycles. The molecule has 2 aromatic rings. The van der Waals surface area contributed by atoms with Crippen molar-refractivity contribution < 1.29 is 9.47 Å². The average molecular weight is 269 g/mol. The van der Waals surface area contributed by atoms with Gasteiger partial charge in [0.15, 0.2) is 0 Å². The predicted molar refractivity (Wildman–Crippen MR) is 79.6 cm³/mol. The monoisotopic (exact) mass is 269 g/mol. The van der Waals surface area contributed by atoms with E-state index in [0.29, 0.717) is 6.61 Å². The topological polar surface area (TPSA) is 30.5 Å². The van der Waals surface area contributed by atoms with Gasteiger partial charge < -0.3 is 14.8 Å². The number of methoxy groups -OCH3 is 1. The zero-order chi connectivity index (χ0) is 13.9. The molecule has 0 saturated carbocycles. The van der Waals surface area contributed by atoms with Gasteiger partial charge in [0.05, 0.1) is 13.2 Å². The third-order valence-electron chi connectivity index (χ3n) is 3.90. The van der Waals surface area contributed by atoms with Crippen LogP contribution in [0.4, 0.5) is 0 Å². The Morgan fingerprint density at radius 1 is 1.15 bits per heavy atom. The average Bonchev–Trinajstić information content (AvgIpc) is 2.53. The van der Waals surface area contributed by atoms with Crippen LogP contribution < -0.4 is 14.8 Å². The van der Waals surface area contributed by atoms with Crippen molar-refractivity contribution in [2.45, 2.75) is 12.0 Å². The van der Waals surface area contributed by atoms with E-state index in [-0.39, 0.29) is 12.0 Å². The van der Waals surface area contributed by atoms with Crippen LogP contribution in [-0.4, -0.2) is 26.8 Å². The second-order valence-corrected chi connectivity index (χ2v) is 5.00. The van der Waals surface area contributed by atoms with Gasteiger partial charge in [0.2, 0.25) is 0 Å². The first-order chi connectivity index (χ1) is 9.83. The summed E-state index contributed by atoms with van der Waals surface area (Å²) in [7, 11) is 3.68. The number of hydrogen-bond acceptors (Lipinski definition) is 3. The van der Waals surface area contributed by atoms with E-state index >= 15 is 0 Å². The maximum Gasteiger partial charge on any atom is 0.123 e. The number of para-hydroxylation sites is 1. The Bertz CT molecular complexity index is 597. The van der Waals surface area contributed by atoms with Gasteiger partial charge in [-0.1, -0.05) is 30.3 Å². The number of hydrogen-bond donors (Lipinski definition) is 1. The molecule has 0 unspecified atom stereocenters. The summed E-state index contributed by atoms with van der Waals surface area (Å²) in [4.78, 5) is 0. The van der Waals surface area contributed by atoms with Crippen LogP contribution in [0.3, 0.4) is 0 Å². The summed E-state index contributed by atoms with van der Waals surface area (Å²) in [6, 6.07) is 16.8. The molecule has 1 aliphatic heterocycles. The van der Waals surface area contributed by atoms with Crippen LogP contribution in [0.1, 0.15) is 17.0 Å². The normalized spacial score (nSPS) is 20.9. The summed E-state index contributed by atoms with van der Waals surface area (Å²) in [6.45, 7) is 0.676. The Morgan fingerprint density at radius 2 is 2.00 bits per heavy atom. The van der Waals surface area contributed by atoms with E-state index in [2.05, 4.69) is 29.6 Å². The first kappa shape index (κ1) is 13.0. The maximum absolute atomic E-state index is 5.84. The number of rotatable bonds is 3. The van der Waals surface area contributed by atoms with Gasteiger partial charge in [0.1, 0.15) is 18.1 Å². The Morgan fingerprint density at radius 3 is 2.80 bits per heavy atom. The summed E-state index contributed by atoms with van der Waals surface area (Å²) < 4.78 is 11.2. The van der Waals surface area contributed by atoms with E-state index < -0.39 is 0 Å². The molecular formula is C17H19NO2. The number of ether oxygens (including phenoxy) is 2. The van der Waals surface area contributed by atoms with Gasteiger partial charge in [-0.25, -0.2) is 0 Å². The minimum atomic E-state index is 0.261. The fourth-order valence-corrected chi connectivity index (χ4v) is 2.86. The second kappa shape index (κ2) is 5.55. The summed E-state index contributed by atoms with van der Waals surface area (Å²) >= 11 is 0. The lowest BCUT2D eigenvalue weighted by Crippen LogP contribution is -2.41. The minimum absolute atomic E-state index is 0.261. The molecule has 0 fully saturated rings. The highest BCUT2D eigenvalue weighted by molar-refractivity contribution is 5.46. The lowest BCUT2D eigenvalue weighted by Gasteiger charge is -2.34. The van der Waals surface area contributed by atoms with Gasteiger partial charge in [0, 0.05) is 11.5 Å². The molecule has 1 N–H and O–H groups in total. The highest BCUT2D eigenvalue weighted by Crippen LogP contribution is 2.38. The molecule has 20 heavy (non-hydrogen) atoms. The van der Waals surface area contributed by atoms with Crippen molar-refractivity contribution in [3.8, 4) is 11.5 Å². The molecule has 3 heteroatoms. The SMILES string of the molecule is CN[C@H]1COc2ccccc2[C@@H]1c1cccc(OC)c1. The van der Waals surface area contributed by atoms with Gasteiger partial charge in [-0.05, 0) is 30.8 Å². The first-order valence-corrected chi connectivity index (χ1v) is 6.86. The quantitative estimate of drug-likeness (QED) is 0.929. The van der Waals surface area contributed by atoms with Gasteiger partial charge >= 0.3 is 0 Å². The largest absolute Gasteiger partial charge is 0.497 e. The lowest BCUT2D eigenvalue weighted by atomic mass is 9.83. The van der Waals surface area contributed by atoms with Crippen molar-refractivity contribution in [3.05, 3.63) is 59.7 Å². The van der Waals surface area contributed by atoms with E-state index in [1.165, 1.54) is 11.1 Å². The van der Waals surface area contributed by atoms with E-state index in [0.717, 1.165) is 11.5 Å². The molecule has 3 nitrogen and oxygen atoms in total. The zero-order valence-electron chi connectivity index (χ0n) is 11.8. The van der Waals surface area contributed by atoms with Crippen LogP contribution in [0.25, 0.3) is 0 Å². The van der Waals surface area contributed by atoms with Crippen LogP contribution in [0.15, 0.2) is 48.5 Å². The molecular weight excluding hydrogens is 250 g/mol. The maximum atomic E-state index is 5.84. The molecule has 0 spiro atoms. The zero-order valence-corrected chi connectivity index (χ0v) is 11.8. The summed E-state index contributed by atoms with van der Waals surface area (Å²) in [5.74, 6) is 2.15. The highest BCUT2D eigenvalue weighted by atomic mass is 16.5. The Labute approximate surface area is 119 Å². The summed E-state index contributed by atoms with van der Waals surface area (Å²) in [6.07, 6.45) is 0. The molecule has 3 rings (SSSR count). The van der Waals surface area contributed by atoms with Crippen molar-refractivity contribution in [2.24, 2.45) is 0 Å². The van der Waals surface area contributed by atoms with Crippen molar-refractivity contribution >= 4 is 0 Å². The lowest BCUT2D eigenvalue weighted by molar-refractivity contribution is 0.231. The van der Waals surface area contributed by atoms with Crippen LogP contribution in [0.2, 0.25) is 0 Å². The van der Waals surface area contributed by atoms with Crippen LogP contribution in [0, 0.1) is 0 Å². The van der Waals surface area contributed by atoms with E-state index in [9.17, 15) is 0 Å². The Hall–Kier alpha value is -2.00. The first-order valence-electron chi connectivity index (χ1n) is 6.86. The summed E-state index contributed by atoms with van der Waals surface area (Å²) in [5, 5.41) is 3.37. The van der Waals surface area contributed by atoms with E-state index in [4.69, 9.17) is 9.47 Å². The third-order valence-corrected chi connectivity index (χ3v) is 3.90. The number of benzene rings is 2. The highest BCUT2D eigenvalue weighted by Gasteiger charge is 2.31. The smallest absolute Gasteiger partial charge is 0.123 e. The molecule has 0 saturated heterocycles. The van der Waals surface area contributed by atoms with Crippen molar-refractivity contribution in [1.82, 2.24) is 5.32 Å². The van der Waals surface area contributed by atoms with Gasteiger partial charge in [0.25, 0.3) is 0 Å². The number of fused-ring (bicyclic) bond motifs is 1. The number of nitrogens with one attached hydrogen (secondary N) is 1. The third kappa shape index (κ3) is 2.25. The van der Waals surface area contributed by atoms with E-state index in [1.54, 1.807) is 7.11 Å². The van der Waals surface area contributed by atoms with E-state index in [1.807, 2.05) is 31.3 Å². The van der Waals surface area contributed by atoms with Crippen molar-refractivity contribution in [2.75, 3.05) is 20.8 Å². The fourth-order valence-electron chi connectivity index (χ4n) is 2.86. The predicted octanol–water partition coefficient (Wildman–Crippen LogP) is 2.81. The van der Waals surface area contributed by atoms with Crippen LogP contribution in [0.5, 0.6) is 11.5 Å². The van der Waals surface area contributed by atoms with Crippen LogP contribution in [-0.2, 0) is 0 Å². The molecule has 104 valence electrons. The molecule has 0 aromatic heterocycles. The van der Waals surface area contributed by atoms with Crippen molar-refractivity contribution in [3.63, 3.8) is 0 Å². The molecule has 1 heterocycles. The van der Waals surface area contributed by atoms with Crippen LogP contribution >= 0.6 is 0 Å². The van der Waals surface area contributed by atoms with Gasteiger partial charge in [-0.2, -0.15) is 0 Å². The second-order valence-electron chi connectivity index (χ2n) is 5.00. The Balaban J connectivity index is 2.08. The van der Waals surface area contributed by atoms with Crippen molar-refractivity contribution in [1.29, 1.82) is 0 Å². The Kier molecular flexibility index (Phi) is 3.61. The summed E-state index contributed by atoms with van der Waals surface area (Å²) in [5.41, 5.74) is 2.48. The van der Waals surface area contributed by atoms with Gasteiger partial charge in [-0.15, -0.1) is 0 Å². The molecule has 0 amide bonds. The molecule has 0 radical (unpaired) electrons. The number of likely N-dealkylation sites (N-methyl/N-ethyl adjacent to an activating group) is 1. The molecule has 0 bridgehead atoms. The fraction of sp³-hybridized carbons (Fsp3) is 0.294. The van der Waals surface area contributed by atoms with Gasteiger partial charge in [-0.3, -0.25) is 0 Å². The molecule has 1 aliphatic rings. The minimum Gasteiger partial charge on any atom is -0.497 e.